The van der Waals surface area contributed by atoms with Gasteiger partial charge in [0.2, 0.25) is 0 Å². The summed E-state index contributed by atoms with van der Waals surface area (Å²) in [6.45, 7) is 8.14. The van der Waals surface area contributed by atoms with Gasteiger partial charge in [0.05, 0.1) is 11.4 Å². The van der Waals surface area contributed by atoms with Crippen LogP contribution < -0.4 is 5.32 Å². The van der Waals surface area contributed by atoms with E-state index in [1.54, 1.807) is 0 Å². The van der Waals surface area contributed by atoms with Crippen LogP contribution in [0, 0.1) is 0 Å². The lowest BCUT2D eigenvalue weighted by molar-refractivity contribution is 0.0525. The minimum Gasteiger partial charge on any atom is -0.444 e. The number of carbonyl (C=O) groups excluding carboxylic acids is 1. The first kappa shape index (κ1) is 22.3. The number of amides is 1. The summed E-state index contributed by atoms with van der Waals surface area (Å²) in [6, 6.07) is 28.5. The van der Waals surface area contributed by atoms with Gasteiger partial charge in [0.1, 0.15) is 5.60 Å². The van der Waals surface area contributed by atoms with Crippen LogP contribution in [0.15, 0.2) is 89.9 Å². The van der Waals surface area contributed by atoms with E-state index in [-0.39, 0.29) is 5.92 Å². The van der Waals surface area contributed by atoms with Crippen LogP contribution in [0.3, 0.4) is 0 Å². The number of hydrogen-bond donors (Lipinski definition) is 1. The zero-order valence-corrected chi connectivity index (χ0v) is 18.6. The van der Waals surface area contributed by atoms with Gasteiger partial charge in [-0.25, -0.2) is 9.79 Å². The van der Waals surface area contributed by atoms with E-state index in [1.165, 1.54) is 0 Å². The molecule has 4 nitrogen and oxygen atoms in total. The summed E-state index contributed by atoms with van der Waals surface area (Å²) < 4.78 is 5.33. The number of hydrogen-bond acceptors (Lipinski definition) is 3. The molecule has 0 aromatic heterocycles. The highest BCUT2D eigenvalue weighted by Gasteiger charge is 2.17. The summed E-state index contributed by atoms with van der Waals surface area (Å²) >= 11 is 0. The van der Waals surface area contributed by atoms with Crippen LogP contribution in [0.4, 0.5) is 10.5 Å². The maximum absolute atomic E-state index is 12.0. The fourth-order valence-electron chi connectivity index (χ4n) is 3.19. The molecule has 0 fully saturated rings. The predicted octanol–water partition coefficient (Wildman–Crippen LogP) is 6.48. The smallest absolute Gasteiger partial charge is 0.407 e. The average molecular weight is 415 g/mol. The normalized spacial score (nSPS) is 12.0. The number of carbonyl (C=O) groups is 1. The van der Waals surface area contributed by atoms with Crippen molar-refractivity contribution in [3.8, 4) is 0 Å². The van der Waals surface area contributed by atoms with Gasteiger partial charge in [0.25, 0.3) is 0 Å². The average Bonchev–Trinajstić information content (AvgIpc) is 2.76. The van der Waals surface area contributed by atoms with E-state index in [1.807, 2.05) is 69.3 Å². The lowest BCUT2D eigenvalue weighted by atomic mass is 10.00. The molecule has 0 heterocycles. The Morgan fingerprint density at radius 3 is 2.03 bits per heavy atom. The third-order valence-electron chi connectivity index (χ3n) is 4.73. The number of nitrogens with one attached hydrogen (secondary N) is 1. The minimum absolute atomic E-state index is 0.125. The van der Waals surface area contributed by atoms with Crippen molar-refractivity contribution in [1.29, 1.82) is 0 Å². The van der Waals surface area contributed by atoms with Gasteiger partial charge in [-0.2, -0.15) is 0 Å². The van der Waals surface area contributed by atoms with E-state index < -0.39 is 11.7 Å². The van der Waals surface area contributed by atoms with E-state index >= 15 is 0 Å². The van der Waals surface area contributed by atoms with Gasteiger partial charge in [0.15, 0.2) is 0 Å². The maximum Gasteiger partial charge on any atom is 0.407 e. The van der Waals surface area contributed by atoms with E-state index in [2.05, 4.69) is 48.6 Å². The molecule has 1 unspecified atom stereocenters. The standard InChI is InChI=1S/C27H30N2O2/c1-20(19-28-26(30)31-27(2,3)4)23-16-11-17-24(18-23)29-25(21-12-7-5-8-13-21)22-14-9-6-10-15-22/h5-18,20H,19H2,1-4H3,(H,28,30). The molecule has 31 heavy (non-hydrogen) atoms. The lowest BCUT2D eigenvalue weighted by Crippen LogP contribution is -2.34. The van der Waals surface area contributed by atoms with E-state index in [4.69, 9.17) is 9.73 Å². The van der Waals surface area contributed by atoms with Gasteiger partial charge in [-0.05, 0) is 44.4 Å². The summed E-state index contributed by atoms with van der Waals surface area (Å²) in [5, 5.41) is 2.85. The topological polar surface area (TPSA) is 50.7 Å². The first-order valence-electron chi connectivity index (χ1n) is 10.6. The summed E-state index contributed by atoms with van der Waals surface area (Å²) in [5.74, 6) is 0.125. The minimum atomic E-state index is -0.507. The molecule has 4 heteroatoms. The number of ether oxygens (including phenoxy) is 1. The van der Waals surface area contributed by atoms with Crippen molar-refractivity contribution in [1.82, 2.24) is 5.32 Å². The Morgan fingerprint density at radius 2 is 1.48 bits per heavy atom. The molecule has 0 aliphatic carbocycles. The second-order valence-corrected chi connectivity index (χ2v) is 8.57. The SMILES string of the molecule is CC(CNC(=O)OC(C)(C)C)c1cccc(N=C(c2ccccc2)c2ccccc2)c1. The third-order valence-corrected chi connectivity index (χ3v) is 4.73. The van der Waals surface area contributed by atoms with E-state index in [9.17, 15) is 4.79 Å². The third kappa shape index (κ3) is 6.82. The summed E-state index contributed by atoms with van der Waals surface area (Å²) in [6.07, 6.45) is -0.399. The molecule has 0 saturated heterocycles. The summed E-state index contributed by atoms with van der Waals surface area (Å²) in [5.41, 5.74) is 4.55. The fraction of sp³-hybridized carbons (Fsp3) is 0.259. The van der Waals surface area contributed by atoms with Gasteiger partial charge in [-0.3, -0.25) is 0 Å². The molecule has 0 aliphatic heterocycles. The number of benzene rings is 3. The van der Waals surface area contributed by atoms with Crippen molar-refractivity contribution in [3.63, 3.8) is 0 Å². The van der Waals surface area contributed by atoms with Crippen molar-refractivity contribution in [2.75, 3.05) is 6.54 Å². The highest BCUT2D eigenvalue weighted by molar-refractivity contribution is 6.13. The molecule has 0 aliphatic rings. The fourth-order valence-corrected chi connectivity index (χ4v) is 3.19. The molecule has 3 aromatic carbocycles. The molecule has 1 N–H and O–H groups in total. The molecule has 0 radical (unpaired) electrons. The molecule has 0 bridgehead atoms. The van der Waals surface area contributed by atoms with Gasteiger partial charge in [0, 0.05) is 17.7 Å². The molecule has 3 rings (SSSR count). The van der Waals surface area contributed by atoms with Crippen LogP contribution in [0.1, 0.15) is 50.3 Å². The Bertz CT molecular complexity index is 980. The molecular weight excluding hydrogens is 384 g/mol. The van der Waals surface area contributed by atoms with Crippen molar-refractivity contribution < 1.29 is 9.53 Å². The molecule has 3 aromatic rings. The molecule has 1 amide bonds. The Kier molecular flexibility index (Phi) is 7.24. The van der Waals surface area contributed by atoms with Gasteiger partial charge >= 0.3 is 6.09 Å². The highest BCUT2D eigenvalue weighted by atomic mass is 16.6. The number of aliphatic imine (C=N–C) groups is 1. The Hall–Kier alpha value is -3.40. The van der Waals surface area contributed by atoms with Crippen LogP contribution >= 0.6 is 0 Å². The summed E-state index contributed by atoms with van der Waals surface area (Å²) in [7, 11) is 0. The van der Waals surface area contributed by atoms with Crippen molar-refractivity contribution in [3.05, 3.63) is 102 Å². The quantitative estimate of drug-likeness (QED) is 0.469. The van der Waals surface area contributed by atoms with Gasteiger partial charge < -0.3 is 10.1 Å². The van der Waals surface area contributed by atoms with Crippen molar-refractivity contribution in [2.24, 2.45) is 4.99 Å². The first-order valence-corrected chi connectivity index (χ1v) is 10.6. The molecule has 0 spiro atoms. The van der Waals surface area contributed by atoms with Crippen LogP contribution in [0.25, 0.3) is 0 Å². The molecular formula is C27H30N2O2. The second kappa shape index (κ2) is 10.1. The maximum atomic E-state index is 12.0. The van der Waals surface area contributed by atoms with Gasteiger partial charge in [-0.15, -0.1) is 0 Å². The van der Waals surface area contributed by atoms with Crippen LogP contribution in [-0.4, -0.2) is 24.0 Å². The zero-order chi connectivity index (χ0) is 22.3. The van der Waals surface area contributed by atoms with Crippen LogP contribution in [0.2, 0.25) is 0 Å². The second-order valence-electron chi connectivity index (χ2n) is 8.57. The molecule has 160 valence electrons. The Morgan fingerprint density at radius 1 is 0.903 bits per heavy atom. The predicted molar refractivity (Wildman–Crippen MR) is 127 cm³/mol. The zero-order valence-electron chi connectivity index (χ0n) is 18.6. The Labute approximate surface area is 185 Å². The number of alkyl carbamates (subject to hydrolysis) is 1. The highest BCUT2D eigenvalue weighted by Crippen LogP contribution is 2.23. The number of rotatable bonds is 6. The van der Waals surface area contributed by atoms with Crippen LogP contribution in [-0.2, 0) is 4.74 Å². The molecule has 1 atom stereocenters. The van der Waals surface area contributed by atoms with Crippen molar-refractivity contribution >= 4 is 17.5 Å². The number of nitrogens with zero attached hydrogens (tertiary/aromatic N) is 1. The van der Waals surface area contributed by atoms with Crippen LogP contribution in [0.5, 0.6) is 0 Å². The summed E-state index contributed by atoms with van der Waals surface area (Å²) in [4.78, 5) is 17.0. The first-order chi connectivity index (χ1) is 14.8. The molecule has 0 saturated carbocycles. The van der Waals surface area contributed by atoms with E-state index in [0.29, 0.717) is 6.54 Å². The Balaban J connectivity index is 1.82. The van der Waals surface area contributed by atoms with E-state index in [0.717, 1.165) is 28.1 Å². The lowest BCUT2D eigenvalue weighted by Gasteiger charge is -2.21. The largest absolute Gasteiger partial charge is 0.444 e. The van der Waals surface area contributed by atoms with Crippen molar-refractivity contribution in [2.45, 2.75) is 39.2 Å². The monoisotopic (exact) mass is 414 g/mol. The van der Waals surface area contributed by atoms with Gasteiger partial charge in [-0.1, -0.05) is 79.7 Å².